The van der Waals surface area contributed by atoms with Gasteiger partial charge < -0.3 is 5.32 Å². The van der Waals surface area contributed by atoms with E-state index >= 15 is 0 Å². The van der Waals surface area contributed by atoms with Crippen LogP contribution in [0.3, 0.4) is 0 Å². The molecule has 2 nitrogen and oxygen atoms in total. The minimum absolute atomic E-state index is 0.117. The molecule has 0 atom stereocenters. The number of hydrogen-bond acceptors (Lipinski definition) is 1. The molecule has 1 amide bonds. The van der Waals surface area contributed by atoms with E-state index in [2.05, 4.69) is 19.2 Å². The van der Waals surface area contributed by atoms with E-state index in [1.54, 1.807) is 0 Å². The molecule has 0 saturated carbocycles. The molecule has 88 valence electrons. The van der Waals surface area contributed by atoms with Crippen molar-refractivity contribution in [2.45, 2.75) is 34.2 Å². The fourth-order valence-electron chi connectivity index (χ4n) is 1.27. The highest BCUT2D eigenvalue weighted by molar-refractivity contribution is 5.82. The molecule has 0 aromatic heterocycles. The first-order valence-corrected chi connectivity index (χ1v) is 5.77. The van der Waals surface area contributed by atoms with Gasteiger partial charge in [-0.15, -0.1) is 0 Å². The largest absolute Gasteiger partial charge is 0.352 e. The standard InChI is InChI=1S/C14H21NO/c1-11(2)14(3,4)13(16)15-10-12-8-6-5-7-9-12/h5-9,11H,10H2,1-4H3,(H,15,16). The second kappa shape index (κ2) is 5.15. The Hall–Kier alpha value is -1.31. The van der Waals surface area contributed by atoms with E-state index in [4.69, 9.17) is 0 Å². The van der Waals surface area contributed by atoms with Crippen LogP contribution in [0.4, 0.5) is 0 Å². The number of nitrogens with one attached hydrogen (secondary N) is 1. The van der Waals surface area contributed by atoms with Gasteiger partial charge in [0.2, 0.25) is 5.91 Å². The SMILES string of the molecule is CC(C)C(C)(C)C(=O)NCc1ccccc1. The summed E-state index contributed by atoms with van der Waals surface area (Å²) in [5.41, 5.74) is 0.824. The number of benzene rings is 1. The third-order valence-corrected chi connectivity index (χ3v) is 3.32. The molecular weight excluding hydrogens is 198 g/mol. The van der Waals surface area contributed by atoms with Crippen LogP contribution in [0.1, 0.15) is 33.3 Å². The molecule has 0 unspecified atom stereocenters. The van der Waals surface area contributed by atoms with Gasteiger partial charge in [0.15, 0.2) is 0 Å². The maximum Gasteiger partial charge on any atom is 0.226 e. The summed E-state index contributed by atoms with van der Waals surface area (Å²) in [6.07, 6.45) is 0. The average molecular weight is 219 g/mol. The highest BCUT2D eigenvalue weighted by atomic mass is 16.2. The molecule has 0 bridgehead atoms. The summed E-state index contributed by atoms with van der Waals surface area (Å²) in [5.74, 6) is 0.453. The molecule has 0 spiro atoms. The van der Waals surface area contributed by atoms with E-state index in [0.717, 1.165) is 5.56 Å². The van der Waals surface area contributed by atoms with E-state index < -0.39 is 0 Å². The number of amides is 1. The van der Waals surface area contributed by atoms with Gasteiger partial charge in [0.25, 0.3) is 0 Å². The van der Waals surface area contributed by atoms with E-state index in [0.29, 0.717) is 12.5 Å². The lowest BCUT2D eigenvalue weighted by atomic mass is 9.80. The molecule has 0 saturated heterocycles. The van der Waals surface area contributed by atoms with Gasteiger partial charge in [-0.3, -0.25) is 4.79 Å². The monoisotopic (exact) mass is 219 g/mol. The Labute approximate surface area is 98.1 Å². The van der Waals surface area contributed by atoms with Gasteiger partial charge in [0.05, 0.1) is 0 Å². The van der Waals surface area contributed by atoms with Crippen molar-refractivity contribution < 1.29 is 4.79 Å². The van der Waals surface area contributed by atoms with Crippen molar-refractivity contribution in [3.05, 3.63) is 35.9 Å². The highest BCUT2D eigenvalue weighted by Crippen LogP contribution is 2.26. The van der Waals surface area contributed by atoms with Crippen LogP contribution in [0.15, 0.2) is 30.3 Å². The summed E-state index contributed by atoms with van der Waals surface area (Å²) in [5, 5.41) is 2.98. The molecule has 0 aliphatic heterocycles. The molecule has 1 aromatic rings. The molecule has 1 N–H and O–H groups in total. The lowest BCUT2D eigenvalue weighted by Crippen LogP contribution is -2.39. The molecule has 0 aliphatic rings. The van der Waals surface area contributed by atoms with Gasteiger partial charge in [0, 0.05) is 12.0 Å². The summed E-state index contributed by atoms with van der Waals surface area (Å²) in [4.78, 5) is 12.0. The molecule has 0 fully saturated rings. The van der Waals surface area contributed by atoms with Crippen LogP contribution in [-0.4, -0.2) is 5.91 Å². The van der Waals surface area contributed by atoms with Gasteiger partial charge in [-0.2, -0.15) is 0 Å². The Kier molecular flexibility index (Phi) is 4.11. The minimum Gasteiger partial charge on any atom is -0.352 e. The van der Waals surface area contributed by atoms with Crippen molar-refractivity contribution in [3.63, 3.8) is 0 Å². The van der Waals surface area contributed by atoms with Gasteiger partial charge in [0.1, 0.15) is 0 Å². The fourth-order valence-corrected chi connectivity index (χ4v) is 1.27. The van der Waals surface area contributed by atoms with E-state index in [-0.39, 0.29) is 11.3 Å². The lowest BCUT2D eigenvalue weighted by molar-refractivity contribution is -0.131. The summed E-state index contributed by atoms with van der Waals surface area (Å²) >= 11 is 0. The fraction of sp³-hybridized carbons (Fsp3) is 0.500. The van der Waals surface area contributed by atoms with Crippen LogP contribution in [0, 0.1) is 11.3 Å². The molecule has 0 radical (unpaired) electrons. The molecule has 0 heterocycles. The van der Waals surface area contributed by atoms with Crippen LogP contribution in [0.5, 0.6) is 0 Å². The van der Waals surface area contributed by atoms with Crippen molar-refractivity contribution in [1.29, 1.82) is 0 Å². The predicted molar refractivity (Wildman–Crippen MR) is 66.9 cm³/mol. The van der Waals surface area contributed by atoms with Crippen LogP contribution in [0.25, 0.3) is 0 Å². The van der Waals surface area contributed by atoms with Crippen molar-refractivity contribution in [2.24, 2.45) is 11.3 Å². The second-order valence-electron chi connectivity index (χ2n) is 5.04. The Morgan fingerprint density at radius 2 is 1.81 bits per heavy atom. The molecule has 2 heteroatoms. The summed E-state index contributed by atoms with van der Waals surface area (Å²) in [7, 11) is 0. The molecule has 16 heavy (non-hydrogen) atoms. The van der Waals surface area contributed by atoms with Gasteiger partial charge in [-0.25, -0.2) is 0 Å². The quantitative estimate of drug-likeness (QED) is 0.828. The minimum atomic E-state index is -0.311. The number of carbonyl (C=O) groups is 1. The van der Waals surface area contributed by atoms with Crippen LogP contribution in [0.2, 0.25) is 0 Å². The topological polar surface area (TPSA) is 29.1 Å². The zero-order valence-electron chi connectivity index (χ0n) is 10.6. The zero-order valence-corrected chi connectivity index (χ0v) is 10.6. The van der Waals surface area contributed by atoms with Crippen molar-refractivity contribution in [2.75, 3.05) is 0 Å². The normalized spacial score (nSPS) is 11.6. The van der Waals surface area contributed by atoms with Crippen molar-refractivity contribution >= 4 is 5.91 Å². The summed E-state index contributed by atoms with van der Waals surface area (Å²) in [6, 6.07) is 9.97. The number of carbonyl (C=O) groups excluding carboxylic acids is 1. The van der Waals surface area contributed by atoms with Crippen molar-refractivity contribution in [3.8, 4) is 0 Å². The Balaban J connectivity index is 2.54. The van der Waals surface area contributed by atoms with Gasteiger partial charge in [-0.1, -0.05) is 58.0 Å². The first-order chi connectivity index (χ1) is 7.44. The highest BCUT2D eigenvalue weighted by Gasteiger charge is 2.30. The average Bonchev–Trinajstić information content (AvgIpc) is 2.27. The summed E-state index contributed by atoms with van der Waals surface area (Å²) < 4.78 is 0. The van der Waals surface area contributed by atoms with Crippen molar-refractivity contribution in [1.82, 2.24) is 5.32 Å². The van der Waals surface area contributed by atoms with Gasteiger partial charge in [-0.05, 0) is 11.5 Å². The zero-order chi connectivity index (χ0) is 12.2. The third kappa shape index (κ3) is 3.09. The summed E-state index contributed by atoms with van der Waals surface area (Å²) in [6.45, 7) is 8.72. The third-order valence-electron chi connectivity index (χ3n) is 3.32. The first kappa shape index (κ1) is 12.8. The van der Waals surface area contributed by atoms with Crippen LogP contribution in [-0.2, 0) is 11.3 Å². The molecular formula is C14H21NO. The predicted octanol–water partition coefficient (Wildman–Crippen LogP) is 2.99. The maximum absolute atomic E-state index is 12.0. The molecule has 0 aliphatic carbocycles. The molecule has 1 aromatic carbocycles. The van der Waals surface area contributed by atoms with E-state index in [9.17, 15) is 4.79 Å². The second-order valence-corrected chi connectivity index (χ2v) is 5.04. The maximum atomic E-state index is 12.0. The Morgan fingerprint density at radius 1 is 1.25 bits per heavy atom. The molecule has 1 rings (SSSR count). The number of hydrogen-bond donors (Lipinski definition) is 1. The lowest BCUT2D eigenvalue weighted by Gasteiger charge is -2.27. The van der Waals surface area contributed by atoms with E-state index in [1.807, 2.05) is 44.2 Å². The Morgan fingerprint density at radius 3 is 2.31 bits per heavy atom. The smallest absolute Gasteiger partial charge is 0.226 e. The number of rotatable bonds is 4. The van der Waals surface area contributed by atoms with Crippen LogP contribution < -0.4 is 5.32 Å². The first-order valence-electron chi connectivity index (χ1n) is 5.77. The van der Waals surface area contributed by atoms with Gasteiger partial charge >= 0.3 is 0 Å². The van der Waals surface area contributed by atoms with E-state index in [1.165, 1.54) is 0 Å². The Bertz CT molecular complexity index is 341. The van der Waals surface area contributed by atoms with Crippen LogP contribution >= 0.6 is 0 Å².